The van der Waals surface area contributed by atoms with Crippen LogP contribution >= 0.6 is 0 Å². The second kappa shape index (κ2) is 15.3. The first-order valence-corrected chi connectivity index (χ1v) is 18.9. The number of phenolic OH excluding ortho intramolecular Hbond substituents is 1. The van der Waals surface area contributed by atoms with Crippen molar-refractivity contribution in [2.75, 3.05) is 20.3 Å². The highest BCUT2D eigenvalue weighted by Gasteiger charge is 2.58. The number of imide groups is 3. The fourth-order valence-electron chi connectivity index (χ4n) is 7.77. The zero-order valence-corrected chi connectivity index (χ0v) is 30.3. The minimum atomic E-state index is -3.06. The minimum Gasteiger partial charge on any atom is -0.508 e. The molecule has 10 heteroatoms. The molecule has 0 saturated carbocycles. The Hall–Kier alpha value is -4.35. The van der Waals surface area contributed by atoms with Crippen molar-refractivity contribution >= 4 is 42.7 Å². The van der Waals surface area contributed by atoms with Crippen molar-refractivity contribution < 1.29 is 38.9 Å². The third kappa shape index (κ3) is 7.11. The molecule has 5 rings (SSSR count). The molecule has 0 unspecified atom stereocenters. The van der Waals surface area contributed by atoms with Crippen LogP contribution in [0.5, 0.6) is 5.75 Å². The number of carbonyl (C=O) groups excluding carboxylic acids is 3. The molecule has 9 nitrogen and oxygen atoms in total. The van der Waals surface area contributed by atoms with Crippen LogP contribution in [-0.4, -0.2) is 72.9 Å². The van der Waals surface area contributed by atoms with Gasteiger partial charge in [0.05, 0.1) is 38.3 Å². The Morgan fingerprint density at radius 1 is 0.960 bits per heavy atom. The molecule has 4 atom stereocenters. The number of methoxy groups -OCH3 is 1. The van der Waals surface area contributed by atoms with Gasteiger partial charge in [0.1, 0.15) is 5.75 Å². The Balaban J connectivity index is 1.57. The number of allylic oxidation sites excluding steroid dienone is 1. The van der Waals surface area contributed by atoms with E-state index in [0.717, 1.165) is 28.6 Å². The molecule has 264 valence electrons. The van der Waals surface area contributed by atoms with Gasteiger partial charge in [-0.2, -0.15) is 4.90 Å². The largest absolute Gasteiger partial charge is 0.508 e. The lowest BCUT2D eigenvalue weighted by Crippen LogP contribution is -2.66. The summed E-state index contributed by atoms with van der Waals surface area (Å²) in [5.74, 6) is -4.08. The minimum absolute atomic E-state index is 0.0570. The molecule has 2 aliphatic rings. The fourth-order valence-corrected chi connectivity index (χ4v) is 12.3. The number of benzene rings is 3. The van der Waals surface area contributed by atoms with E-state index in [0.29, 0.717) is 22.5 Å². The number of hydrogen-bond donors (Lipinski definition) is 3. The van der Waals surface area contributed by atoms with Gasteiger partial charge in [0, 0.05) is 5.92 Å². The summed E-state index contributed by atoms with van der Waals surface area (Å²) in [6.07, 6.45) is 0.724. The monoisotopic (exact) mass is 697 g/mol. The van der Waals surface area contributed by atoms with Crippen LogP contribution in [0.3, 0.4) is 0 Å². The Morgan fingerprint density at radius 3 is 2.06 bits per heavy atom. The predicted molar refractivity (Wildman–Crippen MR) is 194 cm³/mol. The second-order valence-electron chi connectivity index (χ2n) is 14.3. The van der Waals surface area contributed by atoms with E-state index in [1.165, 1.54) is 0 Å². The van der Waals surface area contributed by atoms with Crippen molar-refractivity contribution in [2.45, 2.75) is 58.1 Å². The van der Waals surface area contributed by atoms with E-state index in [9.17, 15) is 29.7 Å². The quantitative estimate of drug-likeness (QED) is 0.142. The maximum Gasteiger partial charge on any atom is 0.423 e. The van der Waals surface area contributed by atoms with E-state index < -0.39 is 56.7 Å². The van der Waals surface area contributed by atoms with Gasteiger partial charge < -0.3 is 24.5 Å². The Bertz CT molecular complexity index is 1710. The Kier molecular flexibility index (Phi) is 11.3. The highest BCUT2D eigenvalue weighted by molar-refractivity contribution is 6.99. The van der Waals surface area contributed by atoms with Gasteiger partial charge in [0.2, 0.25) is 11.8 Å². The topological polar surface area (TPSA) is 134 Å². The molecule has 1 heterocycles. The number of phenols is 1. The number of fused-ring (bicyclic) bond motifs is 1. The summed E-state index contributed by atoms with van der Waals surface area (Å²) in [6, 6.07) is 27.1. The number of carbonyl (C=O) groups is 3. The lowest BCUT2D eigenvalue weighted by atomic mass is 9.68. The summed E-state index contributed by atoms with van der Waals surface area (Å²) in [4.78, 5) is 40.4. The van der Waals surface area contributed by atoms with Crippen molar-refractivity contribution in [3.05, 3.63) is 107 Å². The molecule has 3 N–H and O–H groups in total. The molecule has 1 aliphatic heterocycles. The normalized spacial score (nSPS) is 20.6. The first-order chi connectivity index (χ1) is 23.8. The van der Waals surface area contributed by atoms with Crippen LogP contribution in [0.25, 0.3) is 6.08 Å². The third-order valence-corrected chi connectivity index (χ3v) is 15.1. The lowest BCUT2D eigenvalue weighted by molar-refractivity contribution is -0.137. The van der Waals surface area contributed by atoms with Gasteiger partial charge in [-0.25, -0.2) is 4.79 Å². The summed E-state index contributed by atoms with van der Waals surface area (Å²) in [5, 5.41) is 34.2. The molecule has 3 aromatic carbocycles. The van der Waals surface area contributed by atoms with Crippen LogP contribution in [0.1, 0.15) is 52.5 Å². The van der Waals surface area contributed by atoms with Crippen LogP contribution in [0.4, 0.5) is 4.79 Å². The van der Waals surface area contributed by atoms with Crippen LogP contribution in [-0.2, 0) is 18.8 Å². The number of aliphatic hydroxyl groups excluding tert-OH is 2. The number of aliphatic hydroxyl groups is 2. The van der Waals surface area contributed by atoms with E-state index in [4.69, 9.17) is 9.16 Å². The predicted octanol–water partition coefficient (Wildman–Crippen LogP) is 5.19. The number of nitrogens with zero attached hydrogens (tertiary/aromatic N) is 1. The summed E-state index contributed by atoms with van der Waals surface area (Å²) in [5.41, 5.74) is 3.02. The van der Waals surface area contributed by atoms with Crippen molar-refractivity contribution in [3.8, 4) is 5.75 Å². The molecule has 50 heavy (non-hydrogen) atoms. The van der Waals surface area contributed by atoms with Gasteiger partial charge in [-0.05, 0) is 70.4 Å². The smallest absolute Gasteiger partial charge is 0.423 e. The van der Waals surface area contributed by atoms with Crippen molar-refractivity contribution in [2.24, 2.45) is 17.8 Å². The van der Waals surface area contributed by atoms with Crippen molar-refractivity contribution in [1.29, 1.82) is 0 Å². The standard InChI is InChI=1S/C40H47NO8Si/c1-26(22-27-17-19-29(43)20-18-27)16-21-34(44)35-28(23-32-36(33(35)24-42)38(46)41(37(32)45)39(47)48-5)25-49-50(40(2,3)4,30-12-8-6-9-13-30)31-14-10-7-11-15-31/h6-15,17-20,22,32-34,36,42-44H,16,21,23-25H2,1-5H3/b26-22+/t32-,33+,34-,36-/m1/s1. The van der Waals surface area contributed by atoms with Crippen molar-refractivity contribution in [1.82, 2.24) is 4.90 Å². The molecular weight excluding hydrogens is 651 g/mol. The van der Waals surface area contributed by atoms with Gasteiger partial charge >= 0.3 is 6.09 Å². The van der Waals surface area contributed by atoms with Gasteiger partial charge in [-0.1, -0.05) is 105 Å². The molecule has 0 radical (unpaired) electrons. The van der Waals surface area contributed by atoms with E-state index >= 15 is 0 Å². The molecule has 1 aliphatic carbocycles. The number of rotatable bonds is 11. The van der Waals surface area contributed by atoms with Crippen LogP contribution in [0, 0.1) is 17.8 Å². The average Bonchev–Trinajstić information content (AvgIpc) is 3.36. The van der Waals surface area contributed by atoms with E-state index in [1.807, 2.05) is 49.4 Å². The SMILES string of the molecule is COC(=O)N1C(=O)[C@@H]2[C@@H](CC(CO[Si](c3ccccc3)(c3ccccc3)C(C)(C)C)=C([C@H](O)CC/C(C)=C/c3ccc(O)cc3)[C@@H]2CO)C1=O. The summed E-state index contributed by atoms with van der Waals surface area (Å²) in [6.45, 7) is 7.98. The number of ether oxygens (including phenoxy) is 1. The molecule has 1 saturated heterocycles. The molecule has 3 amide bonds. The van der Waals surface area contributed by atoms with E-state index in [2.05, 4.69) is 45.0 Å². The zero-order chi connectivity index (χ0) is 36.2. The highest BCUT2D eigenvalue weighted by Crippen LogP contribution is 2.47. The third-order valence-electron chi connectivity index (χ3n) is 10.1. The number of hydrogen-bond acceptors (Lipinski definition) is 8. The van der Waals surface area contributed by atoms with Gasteiger partial charge in [-0.15, -0.1) is 0 Å². The van der Waals surface area contributed by atoms with E-state index in [-0.39, 0.29) is 30.2 Å². The van der Waals surface area contributed by atoms with Crippen LogP contribution < -0.4 is 10.4 Å². The number of amides is 3. The maximum absolute atomic E-state index is 13.6. The van der Waals surface area contributed by atoms with Gasteiger partial charge in [0.25, 0.3) is 8.32 Å². The molecule has 0 bridgehead atoms. The van der Waals surface area contributed by atoms with Gasteiger partial charge in [0.15, 0.2) is 0 Å². The molecule has 3 aromatic rings. The van der Waals surface area contributed by atoms with Crippen molar-refractivity contribution in [3.63, 3.8) is 0 Å². The molecule has 0 spiro atoms. The zero-order valence-electron chi connectivity index (χ0n) is 29.3. The Morgan fingerprint density at radius 2 is 1.54 bits per heavy atom. The van der Waals surface area contributed by atoms with Crippen LogP contribution in [0.2, 0.25) is 5.04 Å². The number of aromatic hydroxyl groups is 1. The van der Waals surface area contributed by atoms with Crippen LogP contribution in [0.15, 0.2) is 102 Å². The lowest BCUT2D eigenvalue weighted by Gasteiger charge is -2.44. The maximum atomic E-state index is 13.6. The van der Waals surface area contributed by atoms with Gasteiger partial charge in [-0.3, -0.25) is 9.59 Å². The Labute approximate surface area is 295 Å². The molecule has 1 fully saturated rings. The summed E-state index contributed by atoms with van der Waals surface area (Å²) in [7, 11) is -1.95. The number of likely N-dealkylation sites (tertiary alicyclic amines) is 1. The van der Waals surface area contributed by atoms with E-state index in [1.54, 1.807) is 24.3 Å². The first-order valence-electron chi connectivity index (χ1n) is 17.0. The summed E-state index contributed by atoms with van der Waals surface area (Å²) < 4.78 is 12.0. The average molecular weight is 698 g/mol. The molecule has 0 aromatic heterocycles. The second-order valence-corrected chi connectivity index (χ2v) is 18.6. The first kappa shape index (κ1) is 36.9. The summed E-state index contributed by atoms with van der Waals surface area (Å²) >= 11 is 0. The fraction of sp³-hybridized carbons (Fsp3) is 0.375. The molecular formula is C40H47NO8Si. The highest BCUT2D eigenvalue weighted by atomic mass is 28.4.